The van der Waals surface area contributed by atoms with E-state index < -0.39 is 0 Å². The maximum Gasteiger partial charge on any atom is 0.237 e. The Morgan fingerprint density at radius 3 is 2.63 bits per heavy atom. The van der Waals surface area contributed by atoms with Crippen molar-refractivity contribution in [3.05, 3.63) is 0 Å². The van der Waals surface area contributed by atoms with Crippen LogP contribution in [0.2, 0.25) is 0 Å². The fourth-order valence-corrected chi connectivity index (χ4v) is 2.30. The second-order valence-corrected chi connectivity index (χ2v) is 4.98. The van der Waals surface area contributed by atoms with Crippen molar-refractivity contribution in [3.8, 4) is 0 Å². The third kappa shape index (κ3) is 5.86. The van der Waals surface area contributed by atoms with Crippen LogP contribution in [0.25, 0.3) is 0 Å². The first-order valence-corrected chi connectivity index (χ1v) is 7.12. The van der Waals surface area contributed by atoms with Gasteiger partial charge in [-0.15, -0.1) is 0 Å². The quantitative estimate of drug-likeness (QED) is 0.561. The van der Waals surface area contributed by atoms with Crippen LogP contribution in [0, 0.1) is 0 Å². The molecule has 1 heterocycles. The molecule has 1 unspecified atom stereocenters. The number of hydrogen-bond donors (Lipinski definition) is 2. The second-order valence-electron chi connectivity index (χ2n) is 4.98. The number of piperazine rings is 1. The Hall–Kier alpha value is -0.690. The summed E-state index contributed by atoms with van der Waals surface area (Å²) in [6.45, 7) is 8.87. The zero-order valence-electron chi connectivity index (χ0n) is 12.2. The van der Waals surface area contributed by atoms with E-state index in [1.165, 1.54) is 0 Å². The number of ether oxygens (including phenoxy) is 1. The van der Waals surface area contributed by atoms with Crippen molar-refractivity contribution in [1.82, 2.24) is 15.1 Å². The van der Waals surface area contributed by atoms with Gasteiger partial charge in [0.1, 0.15) is 0 Å². The van der Waals surface area contributed by atoms with Crippen molar-refractivity contribution < 1.29 is 9.53 Å². The summed E-state index contributed by atoms with van der Waals surface area (Å²) in [6.07, 6.45) is 0.860. The summed E-state index contributed by atoms with van der Waals surface area (Å²) in [5, 5.41) is 2.96. The van der Waals surface area contributed by atoms with Crippen LogP contribution in [0.15, 0.2) is 0 Å². The van der Waals surface area contributed by atoms with Gasteiger partial charge in [-0.2, -0.15) is 0 Å². The van der Waals surface area contributed by atoms with Crippen LogP contribution in [0.5, 0.6) is 0 Å². The van der Waals surface area contributed by atoms with E-state index in [0.717, 1.165) is 39.1 Å². The number of amides is 1. The molecule has 6 nitrogen and oxygen atoms in total. The standard InChI is InChI=1S/C13H28N4O2/c1-12(13(18)15-5-3-11-19-2)17-9-7-16(6-4-14)8-10-17/h12H,3-11,14H2,1-2H3,(H,15,18). The lowest BCUT2D eigenvalue weighted by molar-refractivity contribution is -0.126. The summed E-state index contributed by atoms with van der Waals surface area (Å²) in [5.41, 5.74) is 5.55. The summed E-state index contributed by atoms with van der Waals surface area (Å²) in [6, 6.07) is -0.0532. The molecule has 0 aliphatic carbocycles. The summed E-state index contributed by atoms with van der Waals surface area (Å²) < 4.78 is 4.96. The molecule has 1 amide bonds. The number of rotatable bonds is 8. The highest BCUT2D eigenvalue weighted by atomic mass is 16.5. The van der Waals surface area contributed by atoms with Crippen molar-refractivity contribution in [2.24, 2.45) is 5.73 Å². The first-order chi connectivity index (χ1) is 9.19. The monoisotopic (exact) mass is 272 g/mol. The fraction of sp³-hybridized carbons (Fsp3) is 0.923. The average molecular weight is 272 g/mol. The predicted molar refractivity (Wildman–Crippen MR) is 76.0 cm³/mol. The Morgan fingerprint density at radius 2 is 2.05 bits per heavy atom. The molecule has 0 aromatic rings. The highest BCUT2D eigenvalue weighted by Gasteiger charge is 2.24. The number of carbonyl (C=O) groups excluding carboxylic acids is 1. The molecule has 19 heavy (non-hydrogen) atoms. The van der Waals surface area contributed by atoms with Crippen LogP contribution in [0.4, 0.5) is 0 Å². The maximum atomic E-state index is 12.0. The molecule has 1 rings (SSSR count). The van der Waals surface area contributed by atoms with Gasteiger partial charge < -0.3 is 15.8 Å². The molecule has 1 aliphatic rings. The highest BCUT2D eigenvalue weighted by molar-refractivity contribution is 5.81. The van der Waals surface area contributed by atoms with Gasteiger partial charge in [-0.25, -0.2) is 0 Å². The highest BCUT2D eigenvalue weighted by Crippen LogP contribution is 2.06. The Morgan fingerprint density at radius 1 is 1.37 bits per heavy atom. The third-order valence-corrected chi connectivity index (χ3v) is 3.60. The number of nitrogens with zero attached hydrogens (tertiary/aromatic N) is 2. The van der Waals surface area contributed by atoms with Gasteiger partial charge in [0.05, 0.1) is 6.04 Å². The van der Waals surface area contributed by atoms with Gasteiger partial charge in [-0.1, -0.05) is 0 Å². The molecule has 6 heteroatoms. The number of nitrogens with one attached hydrogen (secondary N) is 1. The van der Waals surface area contributed by atoms with Gasteiger partial charge in [-0.05, 0) is 13.3 Å². The van der Waals surface area contributed by atoms with Gasteiger partial charge in [0.2, 0.25) is 5.91 Å². The van der Waals surface area contributed by atoms with Crippen molar-refractivity contribution in [2.45, 2.75) is 19.4 Å². The SMILES string of the molecule is COCCCNC(=O)C(C)N1CCN(CCN)CC1. The van der Waals surface area contributed by atoms with Crippen LogP contribution in [0.3, 0.4) is 0 Å². The lowest BCUT2D eigenvalue weighted by Gasteiger charge is -2.37. The van der Waals surface area contributed by atoms with E-state index in [4.69, 9.17) is 10.5 Å². The fourth-order valence-electron chi connectivity index (χ4n) is 2.30. The van der Waals surface area contributed by atoms with E-state index in [1.54, 1.807) is 7.11 Å². The molecule has 0 aromatic heterocycles. The van der Waals surface area contributed by atoms with Crippen LogP contribution in [-0.4, -0.2) is 81.3 Å². The minimum absolute atomic E-state index is 0.0532. The molecule has 0 bridgehead atoms. The molecular weight excluding hydrogens is 244 g/mol. The molecule has 112 valence electrons. The molecule has 1 aliphatic heterocycles. The largest absolute Gasteiger partial charge is 0.385 e. The molecule has 0 aromatic carbocycles. The van der Waals surface area contributed by atoms with Crippen LogP contribution in [0.1, 0.15) is 13.3 Å². The molecule has 0 radical (unpaired) electrons. The first kappa shape index (κ1) is 16.4. The minimum atomic E-state index is -0.0532. The van der Waals surface area contributed by atoms with Crippen LogP contribution < -0.4 is 11.1 Å². The van der Waals surface area contributed by atoms with Crippen LogP contribution >= 0.6 is 0 Å². The average Bonchev–Trinajstić information content (AvgIpc) is 2.44. The number of methoxy groups -OCH3 is 1. The Kier molecular flexibility index (Phi) is 7.97. The minimum Gasteiger partial charge on any atom is -0.385 e. The lowest BCUT2D eigenvalue weighted by atomic mass is 10.2. The summed E-state index contributed by atoms with van der Waals surface area (Å²) in [7, 11) is 1.67. The number of hydrogen-bond acceptors (Lipinski definition) is 5. The Bertz CT molecular complexity index is 255. The van der Waals surface area contributed by atoms with E-state index in [9.17, 15) is 4.79 Å². The summed E-state index contributed by atoms with van der Waals surface area (Å²) in [5.74, 6) is 0.114. The molecule has 1 fully saturated rings. The van der Waals surface area contributed by atoms with Gasteiger partial charge >= 0.3 is 0 Å². The predicted octanol–water partition coefficient (Wildman–Crippen LogP) is -0.896. The van der Waals surface area contributed by atoms with E-state index >= 15 is 0 Å². The zero-order valence-corrected chi connectivity index (χ0v) is 12.2. The second kappa shape index (κ2) is 9.25. The molecular formula is C13H28N4O2. The molecule has 0 spiro atoms. The van der Waals surface area contributed by atoms with Gasteiger partial charge in [0.15, 0.2) is 0 Å². The van der Waals surface area contributed by atoms with Crippen molar-refractivity contribution in [3.63, 3.8) is 0 Å². The van der Waals surface area contributed by atoms with Crippen molar-refractivity contribution >= 4 is 5.91 Å². The van der Waals surface area contributed by atoms with Gasteiger partial charge in [0, 0.05) is 59.5 Å². The maximum absolute atomic E-state index is 12.0. The summed E-state index contributed by atoms with van der Waals surface area (Å²) in [4.78, 5) is 16.6. The van der Waals surface area contributed by atoms with E-state index in [0.29, 0.717) is 19.7 Å². The summed E-state index contributed by atoms with van der Waals surface area (Å²) >= 11 is 0. The molecule has 3 N–H and O–H groups in total. The number of carbonyl (C=O) groups is 1. The smallest absolute Gasteiger partial charge is 0.237 e. The van der Waals surface area contributed by atoms with E-state index in [-0.39, 0.29) is 11.9 Å². The van der Waals surface area contributed by atoms with Crippen LogP contribution in [-0.2, 0) is 9.53 Å². The zero-order chi connectivity index (χ0) is 14.1. The Labute approximate surface area is 116 Å². The number of nitrogens with two attached hydrogens (primary N) is 1. The Balaban J connectivity index is 2.22. The topological polar surface area (TPSA) is 70.8 Å². The normalized spacial score (nSPS) is 19.3. The molecule has 1 atom stereocenters. The van der Waals surface area contributed by atoms with Crippen molar-refractivity contribution in [1.29, 1.82) is 0 Å². The van der Waals surface area contributed by atoms with Gasteiger partial charge in [0.25, 0.3) is 0 Å². The first-order valence-electron chi connectivity index (χ1n) is 7.12. The van der Waals surface area contributed by atoms with Crippen molar-refractivity contribution in [2.75, 3.05) is 59.5 Å². The molecule has 0 saturated carbocycles. The van der Waals surface area contributed by atoms with E-state index in [1.807, 2.05) is 6.92 Å². The van der Waals surface area contributed by atoms with E-state index in [2.05, 4.69) is 15.1 Å². The van der Waals surface area contributed by atoms with Gasteiger partial charge in [-0.3, -0.25) is 14.6 Å². The lowest BCUT2D eigenvalue weighted by Crippen LogP contribution is -2.54. The molecule has 1 saturated heterocycles. The third-order valence-electron chi connectivity index (χ3n) is 3.60.